The molecule has 0 N–H and O–H groups in total. The molecule has 6 nitrogen and oxygen atoms in total. The lowest BCUT2D eigenvalue weighted by atomic mass is 10.1. The highest BCUT2D eigenvalue weighted by Crippen LogP contribution is 2.36. The third-order valence-electron chi connectivity index (χ3n) is 6.20. The zero-order valence-corrected chi connectivity index (χ0v) is 19.7. The lowest BCUT2D eigenvalue weighted by Crippen LogP contribution is -2.36. The smallest absolute Gasteiger partial charge is 0.266 e. The van der Waals surface area contributed by atoms with Gasteiger partial charge in [-0.2, -0.15) is 0 Å². The Bertz CT molecular complexity index is 1060. The Morgan fingerprint density at radius 1 is 1.12 bits per heavy atom. The van der Waals surface area contributed by atoms with Crippen LogP contribution in [0, 0.1) is 6.92 Å². The van der Waals surface area contributed by atoms with Crippen LogP contribution in [0.15, 0.2) is 58.4 Å². The summed E-state index contributed by atoms with van der Waals surface area (Å²) >= 11 is 1.45. The molecule has 3 fully saturated rings. The van der Waals surface area contributed by atoms with Gasteiger partial charge in [0.25, 0.3) is 5.91 Å². The summed E-state index contributed by atoms with van der Waals surface area (Å²) in [6.45, 7) is 6.76. The Balaban J connectivity index is 1.41. The van der Waals surface area contributed by atoms with Crippen LogP contribution in [0.1, 0.15) is 24.0 Å². The lowest BCUT2D eigenvalue weighted by molar-refractivity contribution is -0.123. The van der Waals surface area contributed by atoms with Crippen LogP contribution in [-0.4, -0.2) is 61.5 Å². The highest BCUT2D eigenvalue weighted by atomic mass is 32.2. The second-order valence-corrected chi connectivity index (χ2v) is 9.54. The van der Waals surface area contributed by atoms with Crippen LogP contribution in [0.5, 0.6) is 0 Å². The van der Waals surface area contributed by atoms with Crippen molar-refractivity contribution in [3.63, 3.8) is 0 Å². The molecule has 0 aromatic heterocycles. The number of nitrogens with zero attached hydrogens (tertiary/aromatic N) is 3. The molecule has 3 saturated heterocycles. The van der Waals surface area contributed by atoms with Gasteiger partial charge < -0.3 is 14.4 Å². The van der Waals surface area contributed by atoms with Crippen molar-refractivity contribution < 1.29 is 14.3 Å². The van der Waals surface area contributed by atoms with Gasteiger partial charge in [0.2, 0.25) is 0 Å². The number of carbonyl (C=O) groups excluding carboxylic acids is 1. The summed E-state index contributed by atoms with van der Waals surface area (Å²) in [5.41, 5.74) is 4.26. The number of thioether (sulfide) groups is 1. The zero-order valence-electron chi connectivity index (χ0n) is 18.9. The second-order valence-electron chi connectivity index (χ2n) is 8.53. The van der Waals surface area contributed by atoms with E-state index in [1.165, 1.54) is 17.4 Å². The minimum Gasteiger partial charge on any atom is -0.378 e. The summed E-state index contributed by atoms with van der Waals surface area (Å²) in [7, 11) is 0. The molecule has 33 heavy (non-hydrogen) atoms. The van der Waals surface area contributed by atoms with Crippen molar-refractivity contribution in [3.8, 4) is 0 Å². The fourth-order valence-corrected chi connectivity index (χ4v) is 5.34. The standard InChI is InChI=1S/C26H29N3O3S/c1-19-16-22(28-11-14-31-15-12-28)10-9-20(19)17-24-25(30)29(18-23-8-5-13-32-23)26(33-24)27-21-6-3-2-4-7-21/h2-4,6-7,9-10,16-17,23H,5,8,11-15,18H2,1H3/b24-17-,27-26?. The van der Waals surface area contributed by atoms with E-state index >= 15 is 0 Å². The average Bonchev–Trinajstić information content (AvgIpc) is 3.46. The molecule has 1 unspecified atom stereocenters. The maximum Gasteiger partial charge on any atom is 0.266 e. The topological polar surface area (TPSA) is 54.4 Å². The number of amidine groups is 1. The minimum absolute atomic E-state index is 0.00170. The minimum atomic E-state index is 0.00170. The van der Waals surface area contributed by atoms with Crippen molar-refractivity contribution in [3.05, 3.63) is 64.6 Å². The maximum atomic E-state index is 13.4. The van der Waals surface area contributed by atoms with Gasteiger partial charge in [0.1, 0.15) is 0 Å². The number of para-hydroxylation sites is 1. The van der Waals surface area contributed by atoms with Gasteiger partial charge in [-0.05, 0) is 73.0 Å². The molecule has 2 aromatic carbocycles. The summed E-state index contributed by atoms with van der Waals surface area (Å²) in [5.74, 6) is 0.00170. The molecule has 0 spiro atoms. The van der Waals surface area contributed by atoms with Gasteiger partial charge in [-0.25, -0.2) is 4.99 Å². The molecule has 1 atom stereocenters. The van der Waals surface area contributed by atoms with E-state index in [-0.39, 0.29) is 12.0 Å². The Labute approximate surface area is 199 Å². The van der Waals surface area contributed by atoms with Gasteiger partial charge in [-0.1, -0.05) is 24.3 Å². The predicted octanol–water partition coefficient (Wildman–Crippen LogP) is 4.61. The summed E-state index contributed by atoms with van der Waals surface area (Å²) in [4.78, 5) is 23.0. The average molecular weight is 464 g/mol. The van der Waals surface area contributed by atoms with E-state index in [9.17, 15) is 4.79 Å². The molecule has 172 valence electrons. The Kier molecular flexibility index (Phi) is 6.80. The van der Waals surface area contributed by atoms with Crippen LogP contribution in [0.2, 0.25) is 0 Å². The summed E-state index contributed by atoms with van der Waals surface area (Å²) < 4.78 is 11.3. The van der Waals surface area contributed by atoms with Crippen molar-refractivity contribution in [1.29, 1.82) is 0 Å². The van der Waals surface area contributed by atoms with Crippen LogP contribution in [0.4, 0.5) is 11.4 Å². The van der Waals surface area contributed by atoms with Crippen molar-refractivity contribution in [2.75, 3.05) is 44.4 Å². The first-order valence-electron chi connectivity index (χ1n) is 11.6. The number of aliphatic imine (C=N–C) groups is 1. The molecule has 7 heteroatoms. The van der Waals surface area contributed by atoms with E-state index in [4.69, 9.17) is 14.5 Å². The summed E-state index contributed by atoms with van der Waals surface area (Å²) in [6, 6.07) is 16.2. The molecule has 3 aliphatic rings. The first-order chi connectivity index (χ1) is 16.2. The number of ether oxygens (including phenoxy) is 2. The van der Waals surface area contributed by atoms with Gasteiger partial charge in [-0.3, -0.25) is 9.69 Å². The number of benzene rings is 2. The molecular formula is C26H29N3O3S. The van der Waals surface area contributed by atoms with Crippen LogP contribution >= 0.6 is 11.8 Å². The van der Waals surface area contributed by atoms with E-state index in [0.717, 1.165) is 67.7 Å². The molecular weight excluding hydrogens is 434 g/mol. The molecule has 0 saturated carbocycles. The predicted molar refractivity (Wildman–Crippen MR) is 134 cm³/mol. The van der Waals surface area contributed by atoms with Gasteiger partial charge in [0, 0.05) is 25.4 Å². The number of anilines is 1. The largest absolute Gasteiger partial charge is 0.378 e. The molecule has 0 aliphatic carbocycles. The van der Waals surface area contributed by atoms with E-state index in [1.54, 1.807) is 4.90 Å². The highest BCUT2D eigenvalue weighted by molar-refractivity contribution is 8.18. The van der Waals surface area contributed by atoms with Crippen molar-refractivity contribution >= 4 is 40.3 Å². The fourth-order valence-electron chi connectivity index (χ4n) is 4.34. The molecule has 0 radical (unpaired) electrons. The van der Waals surface area contributed by atoms with E-state index in [1.807, 2.05) is 36.4 Å². The first kappa shape index (κ1) is 22.2. The Morgan fingerprint density at radius 3 is 2.67 bits per heavy atom. The summed E-state index contributed by atoms with van der Waals surface area (Å²) in [6.07, 6.45) is 4.10. The number of amides is 1. The second kappa shape index (κ2) is 10.1. The number of morpholine rings is 1. The number of hydrogen-bond donors (Lipinski definition) is 0. The SMILES string of the molecule is Cc1cc(N2CCOCC2)ccc1/C=C1\SC(=Nc2ccccc2)N(CC2CCCO2)C1=O. The summed E-state index contributed by atoms with van der Waals surface area (Å²) in [5, 5.41) is 0.718. The highest BCUT2D eigenvalue weighted by Gasteiger charge is 2.36. The Morgan fingerprint density at radius 2 is 1.94 bits per heavy atom. The van der Waals surface area contributed by atoms with Crippen LogP contribution in [0.25, 0.3) is 6.08 Å². The molecule has 3 heterocycles. The van der Waals surface area contributed by atoms with Crippen LogP contribution in [-0.2, 0) is 14.3 Å². The Hall–Kier alpha value is -2.61. The van der Waals surface area contributed by atoms with E-state index in [2.05, 4.69) is 30.0 Å². The normalized spacial score (nSPS) is 23.8. The molecule has 5 rings (SSSR count). The van der Waals surface area contributed by atoms with Crippen molar-refractivity contribution in [2.45, 2.75) is 25.9 Å². The van der Waals surface area contributed by atoms with E-state index < -0.39 is 0 Å². The van der Waals surface area contributed by atoms with E-state index in [0.29, 0.717) is 11.4 Å². The zero-order chi connectivity index (χ0) is 22.6. The lowest BCUT2D eigenvalue weighted by Gasteiger charge is -2.29. The number of carbonyl (C=O) groups is 1. The van der Waals surface area contributed by atoms with Crippen LogP contribution in [0.3, 0.4) is 0 Å². The molecule has 0 bridgehead atoms. The molecule has 2 aromatic rings. The van der Waals surface area contributed by atoms with Crippen molar-refractivity contribution in [2.24, 2.45) is 4.99 Å². The van der Waals surface area contributed by atoms with Gasteiger partial charge in [0.05, 0.1) is 36.5 Å². The monoisotopic (exact) mass is 463 g/mol. The van der Waals surface area contributed by atoms with Crippen molar-refractivity contribution in [1.82, 2.24) is 4.90 Å². The number of hydrogen-bond acceptors (Lipinski definition) is 6. The van der Waals surface area contributed by atoms with Crippen LogP contribution < -0.4 is 4.90 Å². The maximum absolute atomic E-state index is 13.4. The third kappa shape index (κ3) is 5.16. The number of aryl methyl sites for hydroxylation is 1. The quantitative estimate of drug-likeness (QED) is 0.606. The molecule has 1 amide bonds. The number of rotatable bonds is 5. The van der Waals surface area contributed by atoms with Gasteiger partial charge in [-0.15, -0.1) is 0 Å². The molecule has 3 aliphatic heterocycles. The fraction of sp³-hybridized carbons (Fsp3) is 0.385. The van der Waals surface area contributed by atoms with Gasteiger partial charge >= 0.3 is 0 Å². The first-order valence-corrected chi connectivity index (χ1v) is 12.4. The third-order valence-corrected chi connectivity index (χ3v) is 7.20. The van der Waals surface area contributed by atoms with Gasteiger partial charge in [0.15, 0.2) is 5.17 Å².